The van der Waals surface area contributed by atoms with Crippen molar-refractivity contribution in [1.29, 1.82) is 0 Å². The number of benzene rings is 2. The standard InChI is InChI=1S/C14H11Cl2NO2S/c15-11-7-12(16)9-13(8-11)20(18,19)17-6-5-10-3-1-2-4-14(10)17/h1-4,7-9H,5-6H2. The Bertz CT molecular complexity index is 754. The second-order valence-corrected chi connectivity index (χ2v) is 7.30. The smallest absolute Gasteiger partial charge is 0.264 e. The van der Waals surface area contributed by atoms with Gasteiger partial charge in [-0.2, -0.15) is 0 Å². The monoisotopic (exact) mass is 327 g/mol. The molecule has 6 heteroatoms. The van der Waals surface area contributed by atoms with Crippen molar-refractivity contribution in [3.8, 4) is 0 Å². The summed E-state index contributed by atoms with van der Waals surface area (Å²) in [6.07, 6.45) is 0.712. The number of halogens is 2. The third-order valence-electron chi connectivity index (χ3n) is 3.27. The molecular weight excluding hydrogens is 317 g/mol. The van der Waals surface area contributed by atoms with Gasteiger partial charge in [0.15, 0.2) is 0 Å². The second kappa shape index (κ2) is 4.95. The topological polar surface area (TPSA) is 37.4 Å². The van der Waals surface area contributed by atoms with Crippen LogP contribution in [0.5, 0.6) is 0 Å². The van der Waals surface area contributed by atoms with Gasteiger partial charge >= 0.3 is 0 Å². The first-order chi connectivity index (χ1) is 9.48. The molecule has 0 fully saturated rings. The lowest BCUT2D eigenvalue weighted by Crippen LogP contribution is -2.29. The predicted octanol–water partition coefficient (Wildman–Crippen LogP) is 3.74. The Kier molecular flexibility index (Phi) is 3.40. The van der Waals surface area contributed by atoms with Crippen LogP contribution in [-0.4, -0.2) is 15.0 Å². The normalized spacial score (nSPS) is 14.4. The summed E-state index contributed by atoms with van der Waals surface area (Å²) in [7, 11) is -3.63. The summed E-state index contributed by atoms with van der Waals surface area (Å²) in [6, 6.07) is 11.8. The lowest BCUT2D eigenvalue weighted by atomic mass is 10.2. The Morgan fingerprint density at radius 1 is 1.00 bits per heavy atom. The fraction of sp³-hybridized carbons (Fsp3) is 0.143. The Balaban J connectivity index is 2.10. The van der Waals surface area contributed by atoms with Crippen molar-refractivity contribution in [3.63, 3.8) is 0 Å². The number of nitrogens with zero attached hydrogens (tertiary/aromatic N) is 1. The number of rotatable bonds is 2. The molecule has 0 saturated carbocycles. The van der Waals surface area contributed by atoms with Crippen molar-refractivity contribution in [2.45, 2.75) is 11.3 Å². The lowest BCUT2D eigenvalue weighted by Gasteiger charge is -2.19. The number of anilines is 1. The molecule has 1 aliphatic heterocycles. The van der Waals surface area contributed by atoms with Gasteiger partial charge in [-0.05, 0) is 36.2 Å². The summed E-state index contributed by atoms with van der Waals surface area (Å²) in [4.78, 5) is 0.117. The van der Waals surface area contributed by atoms with Gasteiger partial charge in [0.1, 0.15) is 0 Å². The molecule has 0 unspecified atom stereocenters. The summed E-state index contributed by atoms with van der Waals surface area (Å²) in [5.74, 6) is 0. The van der Waals surface area contributed by atoms with Gasteiger partial charge in [-0.15, -0.1) is 0 Å². The molecule has 0 amide bonds. The maximum Gasteiger partial charge on any atom is 0.264 e. The number of hydrogen-bond donors (Lipinski definition) is 0. The average Bonchev–Trinajstić information content (AvgIpc) is 2.82. The van der Waals surface area contributed by atoms with E-state index in [2.05, 4.69) is 0 Å². The number of fused-ring (bicyclic) bond motifs is 1. The van der Waals surface area contributed by atoms with Crippen LogP contribution in [0.4, 0.5) is 5.69 Å². The van der Waals surface area contributed by atoms with Crippen molar-refractivity contribution in [2.24, 2.45) is 0 Å². The molecule has 0 saturated heterocycles. The molecule has 0 atom stereocenters. The summed E-state index contributed by atoms with van der Waals surface area (Å²) >= 11 is 11.8. The third kappa shape index (κ3) is 2.28. The van der Waals surface area contributed by atoms with Crippen LogP contribution in [-0.2, 0) is 16.4 Å². The zero-order valence-corrected chi connectivity index (χ0v) is 12.7. The van der Waals surface area contributed by atoms with E-state index in [9.17, 15) is 8.42 Å². The second-order valence-electron chi connectivity index (χ2n) is 4.56. The molecule has 0 radical (unpaired) electrons. The summed E-state index contributed by atoms with van der Waals surface area (Å²) in [6.45, 7) is 0.436. The molecular formula is C14H11Cl2NO2S. The highest BCUT2D eigenvalue weighted by Crippen LogP contribution is 2.34. The number of sulfonamides is 1. The molecule has 20 heavy (non-hydrogen) atoms. The lowest BCUT2D eigenvalue weighted by molar-refractivity contribution is 0.592. The van der Waals surface area contributed by atoms with E-state index in [1.165, 1.54) is 22.5 Å². The van der Waals surface area contributed by atoms with Gasteiger partial charge in [-0.3, -0.25) is 4.31 Å². The SMILES string of the molecule is O=S(=O)(c1cc(Cl)cc(Cl)c1)N1CCc2ccccc21. The third-order valence-corrected chi connectivity index (χ3v) is 5.50. The minimum absolute atomic E-state index is 0.117. The van der Waals surface area contributed by atoms with Gasteiger partial charge in [0.25, 0.3) is 10.0 Å². The molecule has 0 bridgehead atoms. The summed E-state index contributed by atoms with van der Waals surface area (Å²) < 4.78 is 26.8. The molecule has 0 aliphatic carbocycles. The van der Waals surface area contributed by atoms with Crippen LogP contribution in [0.1, 0.15) is 5.56 Å². The van der Waals surface area contributed by atoms with E-state index < -0.39 is 10.0 Å². The molecule has 3 rings (SSSR count). The minimum atomic E-state index is -3.63. The minimum Gasteiger partial charge on any atom is -0.266 e. The Morgan fingerprint density at radius 2 is 1.65 bits per heavy atom. The van der Waals surface area contributed by atoms with Gasteiger partial charge in [-0.25, -0.2) is 8.42 Å². The fourth-order valence-corrected chi connectivity index (χ4v) is 4.59. The number of hydrogen-bond acceptors (Lipinski definition) is 2. The highest BCUT2D eigenvalue weighted by molar-refractivity contribution is 7.92. The molecule has 1 aliphatic rings. The van der Waals surface area contributed by atoms with E-state index in [1.54, 1.807) is 0 Å². The highest BCUT2D eigenvalue weighted by Gasteiger charge is 2.30. The van der Waals surface area contributed by atoms with E-state index in [0.717, 1.165) is 11.3 Å². The van der Waals surface area contributed by atoms with Crippen LogP contribution >= 0.6 is 23.2 Å². The molecule has 0 aromatic heterocycles. The van der Waals surface area contributed by atoms with Crippen molar-refractivity contribution in [2.75, 3.05) is 10.8 Å². The first-order valence-corrected chi connectivity index (χ1v) is 8.25. The van der Waals surface area contributed by atoms with Crippen molar-refractivity contribution < 1.29 is 8.42 Å². The molecule has 3 nitrogen and oxygen atoms in total. The largest absolute Gasteiger partial charge is 0.266 e. The van der Waals surface area contributed by atoms with Crippen LogP contribution in [0.2, 0.25) is 10.0 Å². The van der Waals surface area contributed by atoms with Gasteiger partial charge in [0, 0.05) is 16.6 Å². The molecule has 2 aromatic rings. The highest BCUT2D eigenvalue weighted by atomic mass is 35.5. The Labute approximate surface area is 127 Å². The zero-order chi connectivity index (χ0) is 14.3. The van der Waals surface area contributed by atoms with Gasteiger partial charge in [0.05, 0.1) is 10.6 Å². The van der Waals surface area contributed by atoms with Gasteiger partial charge in [0.2, 0.25) is 0 Å². The zero-order valence-electron chi connectivity index (χ0n) is 10.4. The van der Waals surface area contributed by atoms with E-state index >= 15 is 0 Å². The quantitative estimate of drug-likeness (QED) is 0.842. The van der Waals surface area contributed by atoms with Crippen LogP contribution in [0.3, 0.4) is 0 Å². The van der Waals surface area contributed by atoms with Crippen LogP contribution in [0.15, 0.2) is 47.4 Å². The van der Waals surface area contributed by atoms with Gasteiger partial charge < -0.3 is 0 Å². The van der Waals surface area contributed by atoms with Gasteiger partial charge in [-0.1, -0.05) is 41.4 Å². The molecule has 104 valence electrons. The average molecular weight is 328 g/mol. The molecule has 0 spiro atoms. The van der Waals surface area contributed by atoms with Crippen molar-refractivity contribution in [3.05, 3.63) is 58.1 Å². The summed E-state index contributed by atoms with van der Waals surface area (Å²) in [5, 5.41) is 0.618. The maximum atomic E-state index is 12.7. The van der Waals surface area contributed by atoms with E-state index in [-0.39, 0.29) is 4.90 Å². The van der Waals surface area contributed by atoms with E-state index in [4.69, 9.17) is 23.2 Å². The summed E-state index contributed by atoms with van der Waals surface area (Å²) in [5.41, 5.74) is 1.76. The number of para-hydroxylation sites is 1. The maximum absolute atomic E-state index is 12.7. The van der Waals surface area contributed by atoms with Crippen LogP contribution in [0, 0.1) is 0 Å². The Hall–Kier alpha value is -1.23. The van der Waals surface area contributed by atoms with Crippen molar-refractivity contribution in [1.82, 2.24) is 0 Å². The first-order valence-electron chi connectivity index (χ1n) is 6.05. The first kappa shape index (κ1) is 13.7. The van der Waals surface area contributed by atoms with Crippen LogP contribution < -0.4 is 4.31 Å². The van der Waals surface area contributed by atoms with E-state index in [0.29, 0.717) is 23.0 Å². The van der Waals surface area contributed by atoms with E-state index in [1.807, 2.05) is 24.3 Å². The Morgan fingerprint density at radius 3 is 2.35 bits per heavy atom. The van der Waals surface area contributed by atoms with Crippen LogP contribution in [0.25, 0.3) is 0 Å². The predicted molar refractivity (Wildman–Crippen MR) is 81.1 cm³/mol. The van der Waals surface area contributed by atoms with Crippen molar-refractivity contribution >= 4 is 38.9 Å². The molecule has 1 heterocycles. The molecule has 2 aromatic carbocycles. The molecule has 0 N–H and O–H groups in total. The fourth-order valence-electron chi connectivity index (χ4n) is 2.36.